The number of hydrogen-bond donors (Lipinski definition) is 0. The molecule has 0 saturated carbocycles. The van der Waals surface area contributed by atoms with Gasteiger partial charge in [0.15, 0.2) is 13.2 Å². The standard InChI is InChI=1S/C18H15F6O3P/c19-17(20,21)12-26-28(25,27-13-18(22,23)24)16(15-9-5-2-6-10-15)11-14-7-3-1-4-8-14/h1-11H,12-13H2. The van der Waals surface area contributed by atoms with E-state index in [2.05, 4.69) is 9.05 Å². The van der Waals surface area contributed by atoms with Crippen molar-refractivity contribution in [3.8, 4) is 0 Å². The van der Waals surface area contributed by atoms with E-state index in [1.807, 2.05) is 0 Å². The molecule has 0 aromatic heterocycles. The molecule has 0 fully saturated rings. The summed E-state index contributed by atoms with van der Waals surface area (Å²) in [4.78, 5) is 0. The van der Waals surface area contributed by atoms with Crippen molar-refractivity contribution >= 4 is 19.0 Å². The predicted molar refractivity (Wildman–Crippen MR) is 92.4 cm³/mol. The molecule has 3 nitrogen and oxygen atoms in total. The van der Waals surface area contributed by atoms with E-state index in [1.165, 1.54) is 30.3 Å². The van der Waals surface area contributed by atoms with E-state index in [0.717, 1.165) is 0 Å². The lowest BCUT2D eigenvalue weighted by Crippen LogP contribution is -2.20. The Morgan fingerprint density at radius 2 is 1.21 bits per heavy atom. The summed E-state index contributed by atoms with van der Waals surface area (Å²) in [7, 11) is -4.99. The van der Waals surface area contributed by atoms with E-state index in [-0.39, 0.29) is 5.56 Å². The smallest absolute Gasteiger partial charge is 0.296 e. The maximum atomic E-state index is 13.1. The lowest BCUT2D eigenvalue weighted by molar-refractivity contribution is -0.164. The van der Waals surface area contributed by atoms with Crippen LogP contribution in [0.15, 0.2) is 60.7 Å². The summed E-state index contributed by atoms with van der Waals surface area (Å²) < 4.78 is 97.6. The normalized spacial score (nSPS) is 13.6. The molecule has 0 aliphatic heterocycles. The fourth-order valence-corrected chi connectivity index (χ4v) is 3.89. The highest BCUT2D eigenvalue weighted by molar-refractivity contribution is 7.65. The molecular formula is C18H15F6O3P. The molecule has 0 atom stereocenters. The van der Waals surface area contributed by atoms with Crippen molar-refractivity contribution in [1.82, 2.24) is 0 Å². The second kappa shape index (κ2) is 8.94. The van der Waals surface area contributed by atoms with E-state index in [0.29, 0.717) is 5.56 Å². The Bertz CT molecular complexity index is 810. The molecule has 0 unspecified atom stereocenters. The second-order valence-corrected chi connectivity index (χ2v) is 7.57. The van der Waals surface area contributed by atoms with Gasteiger partial charge in [-0.15, -0.1) is 0 Å². The van der Waals surface area contributed by atoms with Crippen LogP contribution < -0.4 is 0 Å². The Hall–Kier alpha value is -2.09. The van der Waals surface area contributed by atoms with Gasteiger partial charge in [0.05, 0.1) is 5.31 Å². The zero-order chi connectivity index (χ0) is 20.8. The van der Waals surface area contributed by atoms with Crippen LogP contribution in [0.5, 0.6) is 0 Å². The third-order valence-corrected chi connectivity index (χ3v) is 5.18. The summed E-state index contributed by atoms with van der Waals surface area (Å²) in [6, 6.07) is 15.3. The van der Waals surface area contributed by atoms with Crippen LogP contribution >= 0.6 is 7.60 Å². The number of hydrogen-bond acceptors (Lipinski definition) is 3. The van der Waals surface area contributed by atoms with E-state index in [1.54, 1.807) is 36.4 Å². The van der Waals surface area contributed by atoms with Gasteiger partial charge in [0, 0.05) is 0 Å². The molecule has 0 radical (unpaired) electrons. The van der Waals surface area contributed by atoms with Gasteiger partial charge in [-0.05, 0) is 17.2 Å². The molecule has 28 heavy (non-hydrogen) atoms. The molecule has 0 aliphatic rings. The molecule has 0 N–H and O–H groups in total. The first-order valence-electron chi connectivity index (χ1n) is 7.84. The molecule has 0 saturated heterocycles. The Morgan fingerprint density at radius 1 is 0.786 bits per heavy atom. The van der Waals surface area contributed by atoms with Crippen LogP contribution in [-0.4, -0.2) is 25.6 Å². The fourth-order valence-electron chi connectivity index (χ4n) is 2.13. The summed E-state index contributed by atoms with van der Waals surface area (Å²) >= 11 is 0. The zero-order valence-electron chi connectivity index (χ0n) is 14.2. The van der Waals surface area contributed by atoms with Gasteiger partial charge >= 0.3 is 19.9 Å². The predicted octanol–water partition coefficient (Wildman–Crippen LogP) is 6.54. The minimum absolute atomic E-state index is 0.110. The summed E-state index contributed by atoms with van der Waals surface area (Å²) in [5.74, 6) is 0. The molecule has 0 amide bonds. The van der Waals surface area contributed by atoms with E-state index in [4.69, 9.17) is 0 Å². The first kappa shape index (κ1) is 22.2. The maximum Gasteiger partial charge on any atom is 0.412 e. The summed E-state index contributed by atoms with van der Waals surface area (Å²) in [5.41, 5.74) is 0.506. The highest BCUT2D eigenvalue weighted by Gasteiger charge is 2.41. The monoisotopic (exact) mass is 424 g/mol. The first-order chi connectivity index (χ1) is 13.0. The van der Waals surface area contributed by atoms with Crippen LogP contribution in [0.4, 0.5) is 26.3 Å². The van der Waals surface area contributed by atoms with Crippen molar-refractivity contribution < 1.29 is 40.0 Å². The molecule has 0 bridgehead atoms. The average Bonchev–Trinajstić information content (AvgIpc) is 2.63. The van der Waals surface area contributed by atoms with E-state index in [9.17, 15) is 30.9 Å². The van der Waals surface area contributed by atoms with Gasteiger partial charge in [0.25, 0.3) is 0 Å². The van der Waals surface area contributed by atoms with Crippen LogP contribution in [-0.2, 0) is 13.6 Å². The van der Waals surface area contributed by atoms with E-state index >= 15 is 0 Å². The van der Waals surface area contributed by atoms with Crippen molar-refractivity contribution in [2.75, 3.05) is 13.2 Å². The molecule has 0 aliphatic carbocycles. The summed E-state index contributed by atoms with van der Waals surface area (Å²) in [6.07, 6.45) is -8.64. The maximum absolute atomic E-state index is 13.1. The quantitative estimate of drug-likeness (QED) is 0.288. The lowest BCUT2D eigenvalue weighted by atomic mass is 10.1. The van der Waals surface area contributed by atoms with Gasteiger partial charge in [-0.25, -0.2) is 0 Å². The second-order valence-electron chi connectivity index (χ2n) is 5.58. The SMILES string of the molecule is O=P(OCC(F)(F)F)(OCC(F)(F)F)C(=Cc1ccccc1)c1ccccc1. The van der Waals surface area contributed by atoms with Gasteiger partial charge in [0.2, 0.25) is 0 Å². The van der Waals surface area contributed by atoms with Crippen molar-refractivity contribution in [3.05, 3.63) is 71.8 Å². The molecule has 0 spiro atoms. The van der Waals surface area contributed by atoms with Crippen molar-refractivity contribution in [1.29, 1.82) is 0 Å². The molecule has 0 heterocycles. The summed E-state index contributed by atoms with van der Waals surface area (Å²) in [5, 5.41) is -0.409. The van der Waals surface area contributed by atoms with Crippen molar-refractivity contribution in [2.24, 2.45) is 0 Å². The minimum Gasteiger partial charge on any atom is -0.296 e. The Morgan fingerprint density at radius 3 is 1.64 bits per heavy atom. The van der Waals surface area contributed by atoms with Crippen LogP contribution in [0.1, 0.15) is 11.1 Å². The van der Waals surface area contributed by atoms with Crippen molar-refractivity contribution in [2.45, 2.75) is 12.4 Å². The Labute approximate surface area is 157 Å². The van der Waals surface area contributed by atoms with Crippen LogP contribution in [0.2, 0.25) is 0 Å². The van der Waals surface area contributed by atoms with Crippen molar-refractivity contribution in [3.63, 3.8) is 0 Å². The third-order valence-electron chi connectivity index (χ3n) is 3.26. The topological polar surface area (TPSA) is 35.5 Å². The Balaban J connectivity index is 2.53. The van der Waals surface area contributed by atoms with Crippen LogP contribution in [0, 0.1) is 0 Å². The molecule has 2 aromatic rings. The van der Waals surface area contributed by atoms with Crippen LogP contribution in [0.3, 0.4) is 0 Å². The van der Waals surface area contributed by atoms with Gasteiger partial charge in [-0.3, -0.25) is 13.6 Å². The lowest BCUT2D eigenvalue weighted by Gasteiger charge is -2.23. The fraction of sp³-hybridized carbons (Fsp3) is 0.222. The van der Waals surface area contributed by atoms with Gasteiger partial charge in [-0.2, -0.15) is 26.3 Å². The first-order valence-corrected chi connectivity index (χ1v) is 9.38. The number of halogens is 6. The molecule has 152 valence electrons. The van der Waals surface area contributed by atoms with Gasteiger partial charge in [-0.1, -0.05) is 60.7 Å². The largest absolute Gasteiger partial charge is 0.412 e. The minimum atomic E-state index is -4.99. The number of rotatable bonds is 7. The van der Waals surface area contributed by atoms with E-state index < -0.39 is 38.5 Å². The van der Waals surface area contributed by atoms with Crippen LogP contribution in [0.25, 0.3) is 11.4 Å². The average molecular weight is 424 g/mol. The molecular weight excluding hydrogens is 409 g/mol. The highest BCUT2D eigenvalue weighted by Crippen LogP contribution is 2.62. The van der Waals surface area contributed by atoms with Gasteiger partial charge in [0.1, 0.15) is 0 Å². The molecule has 10 heteroatoms. The molecule has 2 rings (SSSR count). The number of alkyl halides is 6. The summed E-state index contributed by atoms with van der Waals surface area (Å²) in [6.45, 7) is -4.05. The Kier molecular flexibility index (Phi) is 7.09. The zero-order valence-corrected chi connectivity index (χ0v) is 15.1. The number of benzene rings is 2. The third kappa shape index (κ3) is 7.14. The van der Waals surface area contributed by atoms with Gasteiger partial charge < -0.3 is 0 Å². The highest BCUT2D eigenvalue weighted by atomic mass is 31.2. The molecule has 2 aromatic carbocycles.